The second-order valence-electron chi connectivity index (χ2n) is 2.80. The lowest BCUT2D eigenvalue weighted by atomic mass is 10.2. The van der Waals surface area contributed by atoms with Crippen LogP contribution in [0.2, 0.25) is 0 Å². The summed E-state index contributed by atoms with van der Waals surface area (Å²) in [6.45, 7) is 3.95. The van der Waals surface area contributed by atoms with Crippen LogP contribution in [0, 0.1) is 0 Å². The van der Waals surface area contributed by atoms with E-state index in [2.05, 4.69) is 4.72 Å². The van der Waals surface area contributed by atoms with E-state index >= 15 is 0 Å². The Morgan fingerprint density at radius 3 is 2.73 bits per heavy atom. The predicted octanol–water partition coefficient (Wildman–Crippen LogP) is -0.287. The first-order valence-corrected chi connectivity index (χ1v) is 5.28. The largest absolute Gasteiger partial charge is 0.376 e. The molecule has 2 atom stereocenters. The highest BCUT2D eigenvalue weighted by Crippen LogP contribution is 2.04. The van der Waals surface area contributed by atoms with Gasteiger partial charge in [-0.3, -0.25) is 0 Å². The second kappa shape index (κ2) is 3.08. The summed E-state index contributed by atoms with van der Waals surface area (Å²) in [6, 6.07) is -0.123. The van der Waals surface area contributed by atoms with Crippen molar-refractivity contribution >= 4 is 10.0 Å². The number of rotatable bonds is 0. The Hall–Kier alpha value is -0.130. The Kier molecular flexibility index (Phi) is 2.51. The summed E-state index contributed by atoms with van der Waals surface area (Å²) in [5.41, 5.74) is 0. The number of ether oxygens (including phenoxy) is 1. The van der Waals surface area contributed by atoms with Gasteiger partial charge in [0.15, 0.2) is 0 Å². The molecule has 11 heavy (non-hydrogen) atoms. The van der Waals surface area contributed by atoms with E-state index in [1.54, 1.807) is 6.92 Å². The number of hydrogen-bond acceptors (Lipinski definition) is 3. The SMILES string of the molecule is CC1NS(=O)(=O)CCOC1C. The highest BCUT2D eigenvalue weighted by Gasteiger charge is 2.23. The van der Waals surface area contributed by atoms with Gasteiger partial charge in [0.2, 0.25) is 10.0 Å². The monoisotopic (exact) mass is 179 g/mol. The molecule has 1 N–H and O–H groups in total. The zero-order valence-corrected chi connectivity index (χ0v) is 7.52. The molecule has 1 fully saturated rings. The summed E-state index contributed by atoms with van der Waals surface area (Å²) >= 11 is 0. The molecule has 0 aromatic carbocycles. The third-order valence-corrected chi connectivity index (χ3v) is 3.24. The van der Waals surface area contributed by atoms with Gasteiger partial charge >= 0.3 is 0 Å². The minimum atomic E-state index is -3.08. The van der Waals surface area contributed by atoms with Crippen LogP contribution in [0.25, 0.3) is 0 Å². The van der Waals surface area contributed by atoms with E-state index in [1.807, 2.05) is 6.92 Å². The van der Waals surface area contributed by atoms with Crippen molar-refractivity contribution in [3.63, 3.8) is 0 Å². The minimum absolute atomic E-state index is 0.0349. The van der Waals surface area contributed by atoms with Crippen LogP contribution in [0.3, 0.4) is 0 Å². The first-order valence-electron chi connectivity index (χ1n) is 3.63. The van der Waals surface area contributed by atoms with Crippen LogP contribution in [-0.4, -0.2) is 32.9 Å². The molecule has 0 radical (unpaired) electrons. The lowest BCUT2D eigenvalue weighted by molar-refractivity contribution is 0.0647. The van der Waals surface area contributed by atoms with Crippen molar-refractivity contribution in [1.29, 1.82) is 0 Å². The Balaban J connectivity index is 2.71. The normalized spacial score (nSPS) is 38.0. The zero-order chi connectivity index (χ0) is 8.48. The first-order chi connectivity index (χ1) is 5.01. The van der Waals surface area contributed by atoms with E-state index in [-0.39, 0.29) is 17.9 Å². The van der Waals surface area contributed by atoms with Crippen LogP contribution in [-0.2, 0) is 14.8 Å². The molecule has 2 unspecified atom stereocenters. The van der Waals surface area contributed by atoms with Gasteiger partial charge in [-0.15, -0.1) is 0 Å². The third-order valence-electron chi connectivity index (χ3n) is 1.80. The zero-order valence-electron chi connectivity index (χ0n) is 6.70. The van der Waals surface area contributed by atoms with E-state index in [9.17, 15) is 8.42 Å². The van der Waals surface area contributed by atoms with Gasteiger partial charge in [-0.1, -0.05) is 0 Å². The number of nitrogens with one attached hydrogen (secondary N) is 1. The third kappa shape index (κ3) is 2.43. The average molecular weight is 179 g/mol. The van der Waals surface area contributed by atoms with Crippen molar-refractivity contribution < 1.29 is 13.2 Å². The van der Waals surface area contributed by atoms with Gasteiger partial charge in [0.05, 0.1) is 18.5 Å². The summed E-state index contributed by atoms with van der Waals surface area (Å²) in [5, 5.41) is 0. The van der Waals surface area contributed by atoms with E-state index in [4.69, 9.17) is 4.74 Å². The molecule has 1 rings (SSSR count). The second-order valence-corrected chi connectivity index (χ2v) is 4.67. The molecule has 4 nitrogen and oxygen atoms in total. The van der Waals surface area contributed by atoms with Crippen molar-refractivity contribution in [1.82, 2.24) is 4.72 Å². The van der Waals surface area contributed by atoms with Crippen LogP contribution in [0.15, 0.2) is 0 Å². The van der Waals surface area contributed by atoms with Crippen molar-refractivity contribution in [2.75, 3.05) is 12.4 Å². The Bertz CT molecular complexity index is 224. The fraction of sp³-hybridized carbons (Fsp3) is 1.00. The van der Waals surface area contributed by atoms with Crippen molar-refractivity contribution in [2.24, 2.45) is 0 Å². The molecule has 1 heterocycles. The van der Waals surface area contributed by atoms with Crippen molar-refractivity contribution in [2.45, 2.75) is 26.0 Å². The van der Waals surface area contributed by atoms with E-state index in [0.717, 1.165) is 0 Å². The smallest absolute Gasteiger partial charge is 0.214 e. The maximum Gasteiger partial charge on any atom is 0.214 e. The molecule has 0 aromatic heterocycles. The fourth-order valence-electron chi connectivity index (χ4n) is 0.926. The molecule has 0 bridgehead atoms. The first kappa shape index (κ1) is 8.96. The molecule has 1 aliphatic rings. The molecule has 0 spiro atoms. The van der Waals surface area contributed by atoms with E-state index < -0.39 is 10.0 Å². The average Bonchev–Trinajstić information content (AvgIpc) is 1.93. The van der Waals surface area contributed by atoms with Crippen LogP contribution in [0.5, 0.6) is 0 Å². The van der Waals surface area contributed by atoms with Gasteiger partial charge in [-0.25, -0.2) is 13.1 Å². The molecule has 1 aliphatic heterocycles. The summed E-state index contributed by atoms with van der Waals surface area (Å²) in [5.74, 6) is 0.0711. The maximum absolute atomic E-state index is 11.0. The molecular formula is C6H13NO3S. The van der Waals surface area contributed by atoms with Crippen LogP contribution in [0.4, 0.5) is 0 Å². The van der Waals surface area contributed by atoms with E-state index in [1.165, 1.54) is 0 Å². The van der Waals surface area contributed by atoms with Crippen molar-refractivity contribution in [3.8, 4) is 0 Å². The molecule has 0 amide bonds. The fourth-order valence-corrected chi connectivity index (χ4v) is 2.12. The summed E-state index contributed by atoms with van der Waals surface area (Å²) < 4.78 is 29.8. The van der Waals surface area contributed by atoms with Gasteiger partial charge in [0, 0.05) is 6.04 Å². The van der Waals surface area contributed by atoms with Gasteiger partial charge in [-0.05, 0) is 13.8 Å². The van der Waals surface area contributed by atoms with Crippen LogP contribution < -0.4 is 4.72 Å². The standard InChI is InChI=1S/C6H13NO3S/c1-5-6(2)10-3-4-11(8,9)7-5/h5-7H,3-4H2,1-2H3. The van der Waals surface area contributed by atoms with E-state index in [0.29, 0.717) is 6.61 Å². The lowest BCUT2D eigenvalue weighted by Gasteiger charge is -2.15. The predicted molar refractivity (Wildman–Crippen MR) is 41.8 cm³/mol. The molecule has 0 aromatic rings. The highest BCUT2D eigenvalue weighted by molar-refractivity contribution is 7.89. The quantitative estimate of drug-likeness (QED) is 0.556. The van der Waals surface area contributed by atoms with Crippen LogP contribution in [0.1, 0.15) is 13.8 Å². The highest BCUT2D eigenvalue weighted by atomic mass is 32.2. The lowest BCUT2D eigenvalue weighted by Crippen LogP contribution is -2.38. The molecule has 5 heteroatoms. The number of hydrogen-bond donors (Lipinski definition) is 1. The minimum Gasteiger partial charge on any atom is -0.376 e. The summed E-state index contributed by atoms with van der Waals surface area (Å²) in [4.78, 5) is 0. The molecule has 0 aliphatic carbocycles. The summed E-state index contributed by atoms with van der Waals surface area (Å²) in [7, 11) is -3.08. The Morgan fingerprint density at radius 2 is 2.09 bits per heavy atom. The molecule has 1 saturated heterocycles. The van der Waals surface area contributed by atoms with Gasteiger partial charge < -0.3 is 4.74 Å². The van der Waals surface area contributed by atoms with Gasteiger partial charge in [-0.2, -0.15) is 0 Å². The Morgan fingerprint density at radius 1 is 1.45 bits per heavy atom. The molecular weight excluding hydrogens is 166 g/mol. The maximum atomic E-state index is 11.0. The Labute approximate surface area is 67.0 Å². The van der Waals surface area contributed by atoms with Gasteiger partial charge in [0.1, 0.15) is 0 Å². The summed E-state index contributed by atoms with van der Waals surface area (Å²) in [6.07, 6.45) is -0.0349. The number of sulfonamides is 1. The molecule has 66 valence electrons. The van der Waals surface area contributed by atoms with Crippen molar-refractivity contribution in [3.05, 3.63) is 0 Å². The van der Waals surface area contributed by atoms with Crippen LogP contribution >= 0.6 is 0 Å². The molecule has 0 saturated carbocycles. The topological polar surface area (TPSA) is 55.4 Å². The van der Waals surface area contributed by atoms with Gasteiger partial charge in [0.25, 0.3) is 0 Å².